The molecule has 36 heavy (non-hydrogen) atoms. The number of rotatable bonds is 9. The summed E-state index contributed by atoms with van der Waals surface area (Å²) in [5.41, 5.74) is 6.19. The van der Waals surface area contributed by atoms with Crippen LogP contribution in [0.25, 0.3) is 5.69 Å². The summed E-state index contributed by atoms with van der Waals surface area (Å²) < 4.78 is 8.93. The summed E-state index contributed by atoms with van der Waals surface area (Å²) in [6.45, 7) is 8.11. The lowest BCUT2D eigenvalue weighted by molar-refractivity contribution is -0.479. The second-order valence-electron chi connectivity index (χ2n) is 8.71. The predicted octanol–water partition coefficient (Wildman–Crippen LogP) is 6.95. The smallest absolute Gasteiger partial charge is 0.220 e. The lowest BCUT2D eigenvalue weighted by Crippen LogP contribution is -2.13. The van der Waals surface area contributed by atoms with Gasteiger partial charge in [-0.15, -0.1) is 10.2 Å². The van der Waals surface area contributed by atoms with Gasteiger partial charge in [0.2, 0.25) is 6.54 Å². The van der Waals surface area contributed by atoms with Gasteiger partial charge in [-0.25, -0.2) is 0 Å². The summed E-state index contributed by atoms with van der Waals surface area (Å²) in [4.78, 5) is 11.4. The number of halogens is 1. The number of hydrogen-bond donors (Lipinski definition) is 0. The Labute approximate surface area is 223 Å². The molecule has 0 bridgehead atoms. The Bertz CT molecular complexity index is 1390. The first-order valence-corrected chi connectivity index (χ1v) is 13.1. The van der Waals surface area contributed by atoms with Gasteiger partial charge in [-0.05, 0) is 74.7 Å². The molecule has 1 heterocycles. The number of thioether (sulfide) groups is 1. The van der Waals surface area contributed by atoms with Crippen LogP contribution in [0.5, 0.6) is 5.75 Å². The van der Waals surface area contributed by atoms with Crippen LogP contribution in [-0.2, 0) is 6.61 Å². The number of aromatic nitrogens is 3. The van der Waals surface area contributed by atoms with E-state index in [1.807, 2.05) is 66.9 Å². The third-order valence-corrected chi connectivity index (χ3v) is 7.60. The van der Waals surface area contributed by atoms with Gasteiger partial charge in [0.05, 0.1) is 0 Å². The monoisotopic (exact) mass is 566 g/mol. The molecule has 0 saturated carbocycles. The van der Waals surface area contributed by atoms with E-state index in [1.165, 1.54) is 22.9 Å². The van der Waals surface area contributed by atoms with E-state index in [2.05, 4.69) is 52.1 Å². The van der Waals surface area contributed by atoms with Gasteiger partial charge in [0.15, 0.2) is 5.16 Å². The minimum absolute atomic E-state index is 0.291. The Balaban J connectivity index is 1.68. The zero-order chi connectivity index (χ0) is 25.8. The quantitative estimate of drug-likeness (QED) is 0.124. The molecule has 0 aliphatic heterocycles. The number of aryl methyl sites for hydroxylation is 4. The highest BCUT2D eigenvalue weighted by Crippen LogP contribution is 2.41. The number of benzene rings is 3. The molecule has 0 aliphatic rings. The molecule has 0 unspecified atom stereocenters. The van der Waals surface area contributed by atoms with Gasteiger partial charge in [-0.3, -0.25) is 14.7 Å². The maximum Gasteiger partial charge on any atom is 0.220 e. The van der Waals surface area contributed by atoms with Crippen molar-refractivity contribution < 1.29 is 9.66 Å². The zero-order valence-electron chi connectivity index (χ0n) is 20.6. The Morgan fingerprint density at radius 3 is 2.44 bits per heavy atom. The minimum Gasteiger partial charge on any atom is -0.489 e. The molecule has 0 N–H and O–H groups in total. The molecule has 7 nitrogen and oxygen atoms in total. The topological polar surface area (TPSA) is 83.1 Å². The van der Waals surface area contributed by atoms with Crippen LogP contribution in [0.2, 0.25) is 0 Å². The van der Waals surface area contributed by atoms with Crippen molar-refractivity contribution in [2.75, 3.05) is 6.54 Å². The van der Waals surface area contributed by atoms with Gasteiger partial charge in [0.25, 0.3) is 0 Å². The molecule has 0 aliphatic carbocycles. The van der Waals surface area contributed by atoms with Crippen molar-refractivity contribution in [2.24, 2.45) is 0 Å². The van der Waals surface area contributed by atoms with Crippen LogP contribution in [0.4, 0.5) is 0 Å². The third-order valence-electron chi connectivity index (χ3n) is 5.94. The Morgan fingerprint density at radius 1 is 1.00 bits per heavy atom. The lowest BCUT2D eigenvalue weighted by atomic mass is 10.1. The average Bonchev–Trinajstić information content (AvgIpc) is 3.20. The molecule has 0 saturated heterocycles. The van der Waals surface area contributed by atoms with Crippen LogP contribution in [0.15, 0.2) is 70.3 Å². The molecule has 0 fully saturated rings. The van der Waals surface area contributed by atoms with E-state index in [1.54, 1.807) is 0 Å². The first-order valence-electron chi connectivity index (χ1n) is 11.5. The molecule has 0 spiro atoms. The third kappa shape index (κ3) is 6.14. The lowest BCUT2D eigenvalue weighted by Gasteiger charge is -2.19. The number of nitrogens with zero attached hydrogens (tertiary/aromatic N) is 4. The van der Waals surface area contributed by atoms with Crippen molar-refractivity contribution in [1.29, 1.82) is 0 Å². The SMILES string of the molecule is Cc1ccc(COc2ccc(Br)cc2[C@@H](C[N+](=O)[O-])Sc2nnc(C)n2-c2ccc(C)c(C)c2)cc1. The van der Waals surface area contributed by atoms with Crippen molar-refractivity contribution in [2.45, 2.75) is 44.7 Å². The molecule has 1 aromatic heterocycles. The van der Waals surface area contributed by atoms with Gasteiger partial charge >= 0.3 is 0 Å². The highest BCUT2D eigenvalue weighted by Gasteiger charge is 2.27. The Morgan fingerprint density at radius 2 is 1.75 bits per heavy atom. The maximum absolute atomic E-state index is 11.7. The fraction of sp³-hybridized carbons (Fsp3) is 0.259. The number of nitro groups is 1. The maximum atomic E-state index is 11.7. The van der Waals surface area contributed by atoms with Crippen molar-refractivity contribution in [3.8, 4) is 11.4 Å². The molecule has 1 atom stereocenters. The largest absolute Gasteiger partial charge is 0.489 e. The fourth-order valence-corrected chi connectivity index (χ4v) is 5.36. The molecular weight excluding hydrogens is 540 g/mol. The molecule has 186 valence electrons. The summed E-state index contributed by atoms with van der Waals surface area (Å²) >= 11 is 4.84. The first-order chi connectivity index (χ1) is 17.2. The van der Waals surface area contributed by atoms with Gasteiger partial charge in [-0.1, -0.05) is 63.6 Å². The summed E-state index contributed by atoms with van der Waals surface area (Å²) in [6.07, 6.45) is 0. The summed E-state index contributed by atoms with van der Waals surface area (Å²) in [6, 6.07) is 19.9. The average molecular weight is 568 g/mol. The highest BCUT2D eigenvalue weighted by atomic mass is 79.9. The van der Waals surface area contributed by atoms with Crippen molar-refractivity contribution in [3.63, 3.8) is 0 Å². The van der Waals surface area contributed by atoms with Gasteiger partial charge in [0.1, 0.15) is 23.4 Å². The fourth-order valence-electron chi connectivity index (χ4n) is 3.79. The Hall–Kier alpha value is -3.17. The van der Waals surface area contributed by atoms with Crippen LogP contribution >= 0.6 is 27.7 Å². The molecule has 4 aromatic rings. The zero-order valence-corrected chi connectivity index (χ0v) is 23.0. The predicted molar refractivity (Wildman–Crippen MR) is 146 cm³/mol. The van der Waals surface area contributed by atoms with Crippen LogP contribution in [0, 0.1) is 37.8 Å². The molecule has 0 amide bonds. The van der Waals surface area contributed by atoms with E-state index < -0.39 is 5.25 Å². The summed E-state index contributed by atoms with van der Waals surface area (Å²) in [5, 5.41) is 20.4. The molecule has 9 heteroatoms. The van der Waals surface area contributed by atoms with Crippen molar-refractivity contribution >= 4 is 27.7 Å². The summed E-state index contributed by atoms with van der Waals surface area (Å²) in [5.74, 6) is 1.32. The molecule has 4 rings (SSSR count). The number of hydrogen-bond acceptors (Lipinski definition) is 6. The van der Waals surface area contributed by atoms with Crippen LogP contribution < -0.4 is 4.74 Å². The van der Waals surface area contributed by atoms with Gasteiger partial charge in [-0.2, -0.15) is 0 Å². The van der Waals surface area contributed by atoms with E-state index in [-0.39, 0.29) is 11.5 Å². The molecule has 0 radical (unpaired) electrons. The van der Waals surface area contributed by atoms with Crippen molar-refractivity contribution in [1.82, 2.24) is 14.8 Å². The van der Waals surface area contributed by atoms with Crippen LogP contribution in [0.3, 0.4) is 0 Å². The second kappa shape index (κ2) is 11.3. The minimum atomic E-state index is -0.542. The van der Waals surface area contributed by atoms with E-state index in [0.29, 0.717) is 23.3 Å². The Kier molecular flexibility index (Phi) is 8.11. The second-order valence-corrected chi connectivity index (χ2v) is 10.8. The van der Waals surface area contributed by atoms with Crippen LogP contribution in [-0.4, -0.2) is 26.2 Å². The highest BCUT2D eigenvalue weighted by molar-refractivity contribution is 9.10. The first kappa shape index (κ1) is 25.9. The standard InChI is InChI=1S/C27H27BrN4O3S/c1-17-5-8-21(9-6-17)16-35-25-12-10-22(28)14-24(25)26(15-31(33)34)36-27-30-29-20(4)32(27)23-11-7-18(2)19(3)13-23/h5-14,26H,15-16H2,1-4H3/t26-/m1/s1. The van der Waals surface area contributed by atoms with E-state index in [9.17, 15) is 10.1 Å². The number of ether oxygens (including phenoxy) is 1. The normalized spacial score (nSPS) is 11.9. The molecular formula is C27H27BrN4O3S. The van der Waals surface area contributed by atoms with Crippen molar-refractivity contribution in [3.05, 3.63) is 109 Å². The van der Waals surface area contributed by atoms with Crippen LogP contribution in [0.1, 0.15) is 38.9 Å². The van der Waals surface area contributed by atoms with E-state index in [0.717, 1.165) is 26.9 Å². The van der Waals surface area contributed by atoms with E-state index >= 15 is 0 Å². The molecule has 3 aromatic carbocycles. The van der Waals surface area contributed by atoms with Gasteiger partial charge < -0.3 is 4.74 Å². The van der Waals surface area contributed by atoms with Gasteiger partial charge in [0, 0.05) is 20.6 Å². The summed E-state index contributed by atoms with van der Waals surface area (Å²) in [7, 11) is 0. The van der Waals surface area contributed by atoms with E-state index in [4.69, 9.17) is 4.74 Å².